The highest BCUT2D eigenvalue weighted by atomic mass is 19.1. The van der Waals surface area contributed by atoms with E-state index in [9.17, 15) is 9.59 Å². The lowest BCUT2D eigenvalue weighted by molar-refractivity contribution is -0.125. The molecule has 3 aromatic carbocycles. The summed E-state index contributed by atoms with van der Waals surface area (Å²) in [6.45, 7) is 3.26. The predicted molar refractivity (Wildman–Crippen MR) is 189 cm³/mol. The summed E-state index contributed by atoms with van der Waals surface area (Å²) in [7, 11) is 0. The molecular formula is C40H46FN5O3. The first-order chi connectivity index (χ1) is 23.9. The Hall–Kier alpha value is -4.24. The van der Waals surface area contributed by atoms with Crippen molar-refractivity contribution < 1.29 is 18.7 Å². The number of anilines is 2. The molecule has 2 saturated heterocycles. The maximum absolute atomic E-state index is 15.4. The number of halogens is 1. The number of hydrogen-bond donors (Lipinski definition) is 2. The Kier molecular flexibility index (Phi) is 8.87. The van der Waals surface area contributed by atoms with E-state index in [1.165, 1.54) is 31.7 Å². The summed E-state index contributed by atoms with van der Waals surface area (Å²) in [5.41, 5.74) is 4.40. The van der Waals surface area contributed by atoms with Crippen molar-refractivity contribution in [1.29, 1.82) is 0 Å². The molecule has 2 saturated carbocycles. The van der Waals surface area contributed by atoms with E-state index in [1.54, 1.807) is 19.1 Å². The number of nitrogens with zero attached hydrogens (tertiary/aromatic N) is 3. The molecule has 4 aliphatic rings. The first-order valence-corrected chi connectivity index (χ1v) is 18.2. The van der Waals surface area contributed by atoms with Crippen molar-refractivity contribution in [2.45, 2.75) is 95.3 Å². The second-order valence-corrected chi connectivity index (χ2v) is 14.6. The summed E-state index contributed by atoms with van der Waals surface area (Å²) in [5, 5.41) is 12.6. The molecular weight excluding hydrogens is 617 g/mol. The Bertz CT molecular complexity index is 1810. The Morgan fingerprint density at radius 3 is 2.45 bits per heavy atom. The zero-order valence-electron chi connectivity index (χ0n) is 28.2. The summed E-state index contributed by atoms with van der Waals surface area (Å²) in [6.07, 6.45) is 12.0. The van der Waals surface area contributed by atoms with E-state index in [4.69, 9.17) is 9.84 Å². The standard InChI is InChI=1S/C40H46FN5O3/c1-25-6-4-10-34(41)37(25)40(48)45-35-11-5-7-27(35)23-33(38(45)26-12-14-30(15-13-26)43-29-8-2-3-9-29)39(47)44-31-16-17-36-28(22-31)24-42-46(36)32-18-20-49-21-19-32/h4,6,10,12-17,22,24,27,29,32-33,35,38,43H,2-3,5,7-9,11,18-21,23H2,1H3,(H,44,47)/t27?,33?,35?,38-/m0/s1. The van der Waals surface area contributed by atoms with E-state index in [-0.39, 0.29) is 29.3 Å². The molecule has 4 fully saturated rings. The molecule has 2 amide bonds. The minimum Gasteiger partial charge on any atom is -0.382 e. The van der Waals surface area contributed by atoms with Crippen molar-refractivity contribution in [3.63, 3.8) is 0 Å². The van der Waals surface area contributed by atoms with Gasteiger partial charge in [-0.15, -0.1) is 0 Å². The average Bonchev–Trinajstić information content (AvgIpc) is 3.90. The Morgan fingerprint density at radius 2 is 1.67 bits per heavy atom. The van der Waals surface area contributed by atoms with Crippen LogP contribution in [0.15, 0.2) is 66.9 Å². The van der Waals surface area contributed by atoms with Gasteiger partial charge in [0.15, 0.2) is 0 Å². The number of fused-ring (bicyclic) bond motifs is 2. The van der Waals surface area contributed by atoms with Crippen LogP contribution in [0.5, 0.6) is 0 Å². The van der Waals surface area contributed by atoms with Crippen molar-refractivity contribution in [1.82, 2.24) is 14.7 Å². The Labute approximate surface area is 287 Å². The van der Waals surface area contributed by atoms with Gasteiger partial charge in [-0.05, 0) is 105 Å². The second-order valence-electron chi connectivity index (χ2n) is 14.6. The number of rotatable bonds is 7. The quantitative estimate of drug-likeness (QED) is 0.208. The van der Waals surface area contributed by atoms with E-state index >= 15 is 4.39 Å². The van der Waals surface area contributed by atoms with Crippen molar-refractivity contribution in [3.8, 4) is 0 Å². The minimum atomic E-state index is -0.536. The van der Waals surface area contributed by atoms with Gasteiger partial charge in [0, 0.05) is 42.1 Å². The van der Waals surface area contributed by atoms with Crippen LogP contribution >= 0.6 is 0 Å². The number of nitrogens with one attached hydrogen (secondary N) is 2. The van der Waals surface area contributed by atoms with Crippen molar-refractivity contribution in [3.05, 3.63) is 89.4 Å². The molecule has 49 heavy (non-hydrogen) atoms. The number of carbonyl (C=O) groups is 2. The molecule has 0 bridgehead atoms. The summed E-state index contributed by atoms with van der Waals surface area (Å²) in [5.74, 6) is -1.31. The lowest BCUT2D eigenvalue weighted by Gasteiger charge is -2.48. The van der Waals surface area contributed by atoms with Crippen molar-refractivity contribution in [2.24, 2.45) is 11.8 Å². The molecule has 2 aliphatic carbocycles. The second kappa shape index (κ2) is 13.6. The molecule has 4 atom stereocenters. The van der Waals surface area contributed by atoms with Gasteiger partial charge in [-0.25, -0.2) is 4.39 Å². The van der Waals surface area contributed by atoms with Gasteiger partial charge in [-0.2, -0.15) is 5.10 Å². The minimum absolute atomic E-state index is 0.0516. The fraction of sp³-hybridized carbons (Fsp3) is 0.475. The first kappa shape index (κ1) is 32.0. The summed E-state index contributed by atoms with van der Waals surface area (Å²) < 4.78 is 23.1. The molecule has 2 aliphatic heterocycles. The van der Waals surface area contributed by atoms with Gasteiger partial charge in [0.25, 0.3) is 5.91 Å². The van der Waals surface area contributed by atoms with Gasteiger partial charge in [-0.3, -0.25) is 14.3 Å². The van der Waals surface area contributed by atoms with Crippen LogP contribution in [0.25, 0.3) is 10.9 Å². The zero-order chi connectivity index (χ0) is 33.5. The number of piperidine rings is 1. The number of amides is 2. The lowest BCUT2D eigenvalue weighted by Crippen LogP contribution is -2.54. The number of hydrogen-bond acceptors (Lipinski definition) is 5. The molecule has 3 heterocycles. The number of ether oxygens (including phenoxy) is 1. The number of benzene rings is 3. The molecule has 3 unspecified atom stereocenters. The monoisotopic (exact) mass is 663 g/mol. The van der Waals surface area contributed by atoms with Gasteiger partial charge in [0.05, 0.1) is 35.3 Å². The predicted octanol–water partition coefficient (Wildman–Crippen LogP) is 8.20. The van der Waals surface area contributed by atoms with Gasteiger partial charge in [0.2, 0.25) is 5.91 Å². The summed E-state index contributed by atoms with van der Waals surface area (Å²) in [6, 6.07) is 19.2. The van der Waals surface area contributed by atoms with Crippen molar-refractivity contribution >= 4 is 34.1 Å². The third-order valence-corrected chi connectivity index (χ3v) is 11.6. The Balaban J connectivity index is 1.13. The maximum atomic E-state index is 15.4. The SMILES string of the molecule is Cc1cccc(F)c1C(=O)N1C2CCCC2CC(C(=O)Nc2ccc3c(cnn3C3CCOCC3)c2)[C@@H]1c1ccc(NC2CCCC2)cc1. The average molecular weight is 664 g/mol. The fourth-order valence-corrected chi connectivity index (χ4v) is 9.13. The topological polar surface area (TPSA) is 88.5 Å². The summed E-state index contributed by atoms with van der Waals surface area (Å²) >= 11 is 0. The van der Waals surface area contributed by atoms with Crippen LogP contribution in [-0.2, 0) is 9.53 Å². The number of likely N-dealkylation sites (tertiary alicyclic amines) is 1. The van der Waals surface area contributed by atoms with Gasteiger partial charge < -0.3 is 20.3 Å². The van der Waals surface area contributed by atoms with E-state index in [1.807, 2.05) is 29.3 Å². The molecule has 2 N–H and O–H groups in total. The number of aryl methyl sites for hydroxylation is 1. The van der Waals surface area contributed by atoms with E-state index in [0.717, 1.165) is 67.5 Å². The van der Waals surface area contributed by atoms with E-state index in [2.05, 4.69) is 39.6 Å². The Morgan fingerprint density at radius 1 is 0.898 bits per heavy atom. The number of carbonyl (C=O) groups excluding carboxylic acids is 2. The van der Waals surface area contributed by atoms with Crippen LogP contribution in [0.1, 0.15) is 97.8 Å². The van der Waals surface area contributed by atoms with E-state index < -0.39 is 17.8 Å². The van der Waals surface area contributed by atoms with E-state index in [0.29, 0.717) is 29.8 Å². The number of aromatic nitrogens is 2. The largest absolute Gasteiger partial charge is 0.382 e. The molecule has 8 rings (SSSR count). The zero-order valence-corrected chi connectivity index (χ0v) is 28.2. The van der Waals surface area contributed by atoms with Crippen LogP contribution in [0.3, 0.4) is 0 Å². The highest BCUT2D eigenvalue weighted by Gasteiger charge is 2.50. The molecule has 4 aromatic rings. The van der Waals surface area contributed by atoms with Crippen LogP contribution in [-0.4, -0.2) is 51.8 Å². The lowest BCUT2D eigenvalue weighted by atomic mass is 9.76. The van der Waals surface area contributed by atoms with Crippen LogP contribution in [0.4, 0.5) is 15.8 Å². The van der Waals surface area contributed by atoms with Crippen molar-refractivity contribution in [2.75, 3.05) is 23.8 Å². The van der Waals surface area contributed by atoms with Crippen LogP contribution < -0.4 is 10.6 Å². The third-order valence-electron chi connectivity index (χ3n) is 11.6. The maximum Gasteiger partial charge on any atom is 0.257 e. The van der Waals surface area contributed by atoms with Gasteiger partial charge in [0.1, 0.15) is 5.82 Å². The first-order valence-electron chi connectivity index (χ1n) is 18.2. The smallest absolute Gasteiger partial charge is 0.257 e. The molecule has 1 aromatic heterocycles. The normalized spacial score (nSPS) is 24.7. The third kappa shape index (κ3) is 6.22. The molecule has 8 nitrogen and oxygen atoms in total. The van der Waals surface area contributed by atoms with Crippen LogP contribution in [0.2, 0.25) is 0 Å². The molecule has 256 valence electrons. The molecule has 0 spiro atoms. The van der Waals surface area contributed by atoms with Gasteiger partial charge in [-0.1, -0.05) is 43.5 Å². The van der Waals surface area contributed by atoms with Crippen LogP contribution in [0, 0.1) is 24.6 Å². The molecule has 0 radical (unpaired) electrons. The fourth-order valence-electron chi connectivity index (χ4n) is 9.13. The molecule has 9 heteroatoms. The highest BCUT2D eigenvalue weighted by molar-refractivity contribution is 5.99. The van der Waals surface area contributed by atoms with Gasteiger partial charge >= 0.3 is 0 Å². The highest BCUT2D eigenvalue weighted by Crippen LogP contribution is 2.49. The summed E-state index contributed by atoms with van der Waals surface area (Å²) in [4.78, 5) is 31.0.